The van der Waals surface area contributed by atoms with Gasteiger partial charge in [-0.15, -0.1) is 0 Å². The molecule has 1 unspecified atom stereocenters. The Morgan fingerprint density at radius 2 is 1.88 bits per heavy atom. The van der Waals surface area contributed by atoms with Crippen LogP contribution in [0.5, 0.6) is 0 Å². The molecule has 2 N–H and O–H groups in total. The van der Waals surface area contributed by atoms with E-state index >= 15 is 0 Å². The van der Waals surface area contributed by atoms with Gasteiger partial charge in [-0.05, 0) is 23.3 Å². The number of morpholine rings is 1. The summed E-state index contributed by atoms with van der Waals surface area (Å²) in [5, 5.41) is 12.9. The molecule has 1 aliphatic rings. The molecule has 1 fully saturated rings. The molecule has 1 saturated heterocycles. The van der Waals surface area contributed by atoms with Gasteiger partial charge in [0.1, 0.15) is 0 Å². The van der Waals surface area contributed by atoms with Crippen molar-refractivity contribution in [3.8, 4) is 0 Å². The van der Waals surface area contributed by atoms with Crippen LogP contribution in [0.1, 0.15) is 17.2 Å². The summed E-state index contributed by atoms with van der Waals surface area (Å²) in [7, 11) is 0. The lowest BCUT2D eigenvalue weighted by molar-refractivity contribution is -0.124. The summed E-state index contributed by atoms with van der Waals surface area (Å²) >= 11 is 0. The number of nitrogens with zero attached hydrogens (tertiary/aromatic N) is 1. The number of hydrogen-bond acceptors (Lipinski definition) is 4. The number of hydrogen-bond donors (Lipinski definition) is 2. The molecule has 3 rings (SSSR count). The van der Waals surface area contributed by atoms with Crippen LogP contribution in [0.15, 0.2) is 54.6 Å². The first-order chi connectivity index (χ1) is 11.7. The van der Waals surface area contributed by atoms with E-state index in [1.165, 1.54) is 0 Å². The molecule has 1 heterocycles. The predicted molar refractivity (Wildman–Crippen MR) is 92.6 cm³/mol. The van der Waals surface area contributed by atoms with Crippen molar-refractivity contribution in [1.29, 1.82) is 0 Å². The molecule has 0 aliphatic carbocycles. The summed E-state index contributed by atoms with van der Waals surface area (Å²) in [5.41, 5.74) is 2.41. The average Bonchev–Trinajstić information content (AvgIpc) is 2.63. The quantitative estimate of drug-likeness (QED) is 0.884. The number of carbonyl (C=O) groups is 1. The number of amides is 1. The third-order valence-electron chi connectivity index (χ3n) is 4.07. The van der Waals surface area contributed by atoms with Gasteiger partial charge in [-0.25, -0.2) is 0 Å². The van der Waals surface area contributed by atoms with E-state index in [1.54, 1.807) is 24.3 Å². The molecule has 2 aromatic rings. The maximum atomic E-state index is 12.2. The number of carbonyl (C=O) groups excluding carboxylic acids is 1. The molecule has 126 valence electrons. The van der Waals surface area contributed by atoms with Crippen molar-refractivity contribution < 1.29 is 14.6 Å². The molecule has 0 spiro atoms. The van der Waals surface area contributed by atoms with Crippen molar-refractivity contribution in [2.45, 2.75) is 12.6 Å². The minimum Gasteiger partial charge on any atom is -0.379 e. The van der Waals surface area contributed by atoms with E-state index in [4.69, 9.17) is 4.74 Å². The highest BCUT2D eigenvalue weighted by Crippen LogP contribution is 2.17. The molecule has 1 amide bonds. The van der Waals surface area contributed by atoms with E-state index in [-0.39, 0.29) is 0 Å². The smallest absolute Gasteiger partial charge is 0.257 e. The molecule has 1 aliphatic heterocycles. The number of anilines is 1. The molecular weight excluding hydrogens is 304 g/mol. The van der Waals surface area contributed by atoms with Gasteiger partial charge in [-0.3, -0.25) is 9.69 Å². The minimum atomic E-state index is -1.17. The number of ether oxygens (including phenoxy) is 1. The molecule has 0 aromatic heterocycles. The second kappa shape index (κ2) is 8.06. The van der Waals surface area contributed by atoms with Crippen molar-refractivity contribution in [2.75, 3.05) is 31.6 Å². The lowest BCUT2D eigenvalue weighted by Crippen LogP contribution is -2.35. The van der Waals surface area contributed by atoms with E-state index < -0.39 is 12.0 Å². The second-order valence-corrected chi connectivity index (χ2v) is 5.89. The number of aliphatic hydroxyl groups excluding tert-OH is 1. The van der Waals surface area contributed by atoms with E-state index in [9.17, 15) is 9.90 Å². The first-order valence-electron chi connectivity index (χ1n) is 8.15. The van der Waals surface area contributed by atoms with Crippen molar-refractivity contribution in [1.82, 2.24) is 4.90 Å². The molecule has 2 aromatic carbocycles. The Labute approximate surface area is 141 Å². The van der Waals surface area contributed by atoms with Crippen LogP contribution < -0.4 is 5.32 Å². The van der Waals surface area contributed by atoms with E-state index in [0.29, 0.717) is 11.3 Å². The number of benzene rings is 2. The Kier molecular flexibility index (Phi) is 5.59. The van der Waals surface area contributed by atoms with E-state index in [0.717, 1.165) is 38.4 Å². The predicted octanol–water partition coefficient (Wildman–Crippen LogP) is 2.19. The van der Waals surface area contributed by atoms with Crippen LogP contribution in [-0.4, -0.2) is 42.2 Å². The van der Waals surface area contributed by atoms with Crippen molar-refractivity contribution in [3.05, 3.63) is 65.7 Å². The van der Waals surface area contributed by atoms with Crippen LogP contribution >= 0.6 is 0 Å². The van der Waals surface area contributed by atoms with Gasteiger partial charge in [-0.1, -0.05) is 42.5 Å². The van der Waals surface area contributed by atoms with Gasteiger partial charge in [0.25, 0.3) is 5.91 Å². The first kappa shape index (κ1) is 16.6. The summed E-state index contributed by atoms with van der Waals surface area (Å²) in [6, 6.07) is 16.7. The highest BCUT2D eigenvalue weighted by atomic mass is 16.5. The van der Waals surface area contributed by atoms with Gasteiger partial charge in [0.2, 0.25) is 0 Å². The molecule has 0 bridgehead atoms. The summed E-state index contributed by atoms with van der Waals surface area (Å²) in [4.78, 5) is 14.5. The van der Waals surface area contributed by atoms with Crippen molar-refractivity contribution in [2.24, 2.45) is 0 Å². The molecule has 1 atom stereocenters. The Morgan fingerprint density at radius 3 is 2.62 bits per heavy atom. The van der Waals surface area contributed by atoms with Crippen molar-refractivity contribution >= 4 is 11.6 Å². The highest BCUT2D eigenvalue weighted by Gasteiger charge is 2.17. The zero-order valence-electron chi connectivity index (χ0n) is 13.5. The topological polar surface area (TPSA) is 61.8 Å². The normalized spacial score (nSPS) is 16.5. The lowest BCUT2D eigenvalue weighted by atomic mass is 10.1. The van der Waals surface area contributed by atoms with Gasteiger partial charge in [0.05, 0.1) is 13.2 Å². The average molecular weight is 326 g/mol. The van der Waals surface area contributed by atoms with Crippen LogP contribution in [0.2, 0.25) is 0 Å². The Morgan fingerprint density at radius 1 is 1.12 bits per heavy atom. The third-order valence-corrected chi connectivity index (χ3v) is 4.07. The third kappa shape index (κ3) is 4.41. The molecule has 0 saturated carbocycles. The maximum Gasteiger partial charge on any atom is 0.257 e. The molecule has 0 radical (unpaired) electrons. The lowest BCUT2D eigenvalue weighted by Gasteiger charge is -2.26. The summed E-state index contributed by atoms with van der Waals surface area (Å²) in [6.45, 7) is 4.19. The SMILES string of the molecule is O=C(Nc1cccc(CN2CCOCC2)c1)C(O)c1ccccc1. The van der Waals surface area contributed by atoms with E-state index in [1.807, 2.05) is 30.3 Å². The Balaban J connectivity index is 1.62. The minimum absolute atomic E-state index is 0.426. The summed E-state index contributed by atoms with van der Waals surface area (Å²) < 4.78 is 5.36. The first-order valence-corrected chi connectivity index (χ1v) is 8.15. The highest BCUT2D eigenvalue weighted by molar-refractivity contribution is 5.94. The van der Waals surface area contributed by atoms with Gasteiger partial charge in [-0.2, -0.15) is 0 Å². The zero-order chi connectivity index (χ0) is 16.8. The van der Waals surface area contributed by atoms with Crippen molar-refractivity contribution in [3.63, 3.8) is 0 Å². The standard InChI is InChI=1S/C19H22N2O3/c22-18(16-6-2-1-3-7-16)19(23)20-17-8-4-5-15(13-17)14-21-9-11-24-12-10-21/h1-8,13,18,22H,9-12,14H2,(H,20,23). The van der Waals surface area contributed by atoms with Crippen LogP contribution in [0.25, 0.3) is 0 Å². The fourth-order valence-corrected chi connectivity index (χ4v) is 2.76. The fourth-order valence-electron chi connectivity index (χ4n) is 2.76. The molecule has 5 heteroatoms. The summed E-state index contributed by atoms with van der Waals surface area (Å²) in [6.07, 6.45) is -1.17. The monoisotopic (exact) mass is 326 g/mol. The molecule has 5 nitrogen and oxygen atoms in total. The second-order valence-electron chi connectivity index (χ2n) is 5.89. The van der Waals surface area contributed by atoms with Crippen LogP contribution in [-0.2, 0) is 16.1 Å². The summed E-state index contributed by atoms with van der Waals surface area (Å²) in [5.74, 6) is -0.426. The fraction of sp³-hybridized carbons (Fsp3) is 0.316. The van der Waals surface area contributed by atoms with Crippen LogP contribution in [0.4, 0.5) is 5.69 Å². The zero-order valence-corrected chi connectivity index (χ0v) is 13.5. The number of aliphatic hydroxyl groups is 1. The number of nitrogens with one attached hydrogen (secondary N) is 1. The molecule has 24 heavy (non-hydrogen) atoms. The Hall–Kier alpha value is -2.21. The van der Waals surface area contributed by atoms with Crippen LogP contribution in [0.3, 0.4) is 0 Å². The molecular formula is C19H22N2O3. The maximum absolute atomic E-state index is 12.2. The van der Waals surface area contributed by atoms with Gasteiger partial charge in [0.15, 0.2) is 6.10 Å². The largest absolute Gasteiger partial charge is 0.379 e. The van der Waals surface area contributed by atoms with E-state index in [2.05, 4.69) is 10.2 Å². The van der Waals surface area contributed by atoms with Gasteiger partial charge >= 0.3 is 0 Å². The Bertz CT molecular complexity index is 669. The van der Waals surface area contributed by atoms with Gasteiger partial charge in [0, 0.05) is 25.3 Å². The van der Waals surface area contributed by atoms with Crippen LogP contribution in [0, 0.1) is 0 Å². The van der Waals surface area contributed by atoms with Gasteiger partial charge < -0.3 is 15.2 Å². The number of rotatable bonds is 5.